The molecule has 2 fully saturated rings. The van der Waals surface area contributed by atoms with E-state index in [1.54, 1.807) is 6.92 Å². The van der Waals surface area contributed by atoms with Crippen molar-refractivity contribution in [2.45, 2.75) is 19.1 Å². The lowest BCUT2D eigenvalue weighted by atomic mass is 10.4. The van der Waals surface area contributed by atoms with Crippen molar-refractivity contribution in [1.82, 2.24) is 0 Å². The molecule has 0 N–H and O–H groups in total. The molecule has 2 saturated heterocycles. The van der Waals surface area contributed by atoms with Crippen LogP contribution in [0.4, 0.5) is 0 Å². The molecule has 5 heteroatoms. The van der Waals surface area contributed by atoms with E-state index in [1.165, 1.54) is 0 Å². The van der Waals surface area contributed by atoms with Gasteiger partial charge in [-0.2, -0.15) is 0 Å². The van der Waals surface area contributed by atoms with Gasteiger partial charge >= 0.3 is 5.97 Å². The number of halogens is 1. The molecule has 0 aliphatic carbocycles. The number of ether oxygens (including phenoxy) is 3. The molecule has 2 rings (SSSR count). The van der Waals surface area contributed by atoms with E-state index in [9.17, 15) is 4.79 Å². The molecule has 0 aromatic rings. The van der Waals surface area contributed by atoms with E-state index in [0.29, 0.717) is 30.8 Å². The SMILES string of the molecule is C=C(C)C(=O)OCC1CO1.ClCC1CO1. The standard InChI is InChI=1S/C7H10O3.C3H5ClO/c1-5(2)7(8)10-4-6-3-9-6;4-1-3-2-5-3/h6H,1,3-4H2,2H3;3H,1-2H2. The van der Waals surface area contributed by atoms with Gasteiger partial charge in [-0.1, -0.05) is 6.58 Å². The third kappa shape index (κ3) is 6.49. The summed E-state index contributed by atoms with van der Waals surface area (Å²) < 4.78 is 14.3. The van der Waals surface area contributed by atoms with Crippen LogP contribution in [0.25, 0.3) is 0 Å². The van der Waals surface area contributed by atoms with E-state index in [2.05, 4.69) is 6.58 Å². The van der Waals surface area contributed by atoms with Gasteiger partial charge in [0, 0.05) is 5.57 Å². The fourth-order valence-corrected chi connectivity index (χ4v) is 0.791. The van der Waals surface area contributed by atoms with Gasteiger partial charge < -0.3 is 14.2 Å². The normalized spacial score (nSPS) is 26.0. The number of esters is 1. The molecule has 0 aromatic carbocycles. The van der Waals surface area contributed by atoms with E-state index in [1.807, 2.05) is 0 Å². The summed E-state index contributed by atoms with van der Waals surface area (Å²) in [4.78, 5) is 10.7. The van der Waals surface area contributed by atoms with Gasteiger partial charge in [-0.15, -0.1) is 11.6 Å². The molecule has 2 aliphatic heterocycles. The first kappa shape index (κ1) is 12.5. The number of alkyl halides is 1. The van der Waals surface area contributed by atoms with Crippen LogP contribution in [0, 0.1) is 0 Å². The van der Waals surface area contributed by atoms with E-state index >= 15 is 0 Å². The summed E-state index contributed by atoms with van der Waals surface area (Å²) in [7, 11) is 0. The second-order valence-electron chi connectivity index (χ2n) is 3.44. The zero-order chi connectivity index (χ0) is 11.3. The van der Waals surface area contributed by atoms with Gasteiger partial charge in [-0.3, -0.25) is 0 Å². The van der Waals surface area contributed by atoms with Gasteiger partial charge in [0.25, 0.3) is 0 Å². The lowest BCUT2D eigenvalue weighted by Gasteiger charge is -1.99. The van der Waals surface area contributed by atoms with Crippen LogP contribution in [0.3, 0.4) is 0 Å². The number of hydrogen-bond acceptors (Lipinski definition) is 4. The Morgan fingerprint density at radius 1 is 1.47 bits per heavy atom. The molecule has 0 aromatic heterocycles. The van der Waals surface area contributed by atoms with Crippen molar-refractivity contribution in [3.05, 3.63) is 12.2 Å². The van der Waals surface area contributed by atoms with Crippen molar-refractivity contribution in [3.8, 4) is 0 Å². The Balaban J connectivity index is 0.000000187. The molecule has 2 heterocycles. The second-order valence-corrected chi connectivity index (χ2v) is 3.75. The first-order valence-electron chi connectivity index (χ1n) is 4.75. The Morgan fingerprint density at radius 3 is 2.27 bits per heavy atom. The van der Waals surface area contributed by atoms with Crippen LogP contribution in [0.1, 0.15) is 6.92 Å². The van der Waals surface area contributed by atoms with Crippen molar-refractivity contribution in [1.29, 1.82) is 0 Å². The van der Waals surface area contributed by atoms with Crippen molar-refractivity contribution in [3.63, 3.8) is 0 Å². The number of carbonyl (C=O) groups is 1. The van der Waals surface area contributed by atoms with Gasteiger partial charge in [0.15, 0.2) is 0 Å². The summed E-state index contributed by atoms with van der Waals surface area (Å²) >= 11 is 5.27. The quantitative estimate of drug-likeness (QED) is 0.317. The predicted octanol–water partition coefficient (Wildman–Crippen LogP) is 1.13. The summed E-state index contributed by atoms with van der Waals surface area (Å²) in [6.45, 7) is 7.02. The van der Waals surface area contributed by atoms with Crippen LogP contribution < -0.4 is 0 Å². The minimum atomic E-state index is -0.337. The Hall–Kier alpha value is -0.580. The molecule has 4 nitrogen and oxygen atoms in total. The van der Waals surface area contributed by atoms with Crippen LogP contribution in [-0.2, 0) is 19.0 Å². The molecular formula is C10H15ClO4. The highest BCUT2D eigenvalue weighted by Gasteiger charge is 2.24. The molecule has 0 saturated carbocycles. The lowest BCUT2D eigenvalue weighted by Crippen LogP contribution is -2.09. The van der Waals surface area contributed by atoms with Gasteiger partial charge in [0.1, 0.15) is 12.7 Å². The number of hydrogen-bond donors (Lipinski definition) is 0. The smallest absolute Gasteiger partial charge is 0.333 e. The fraction of sp³-hybridized carbons (Fsp3) is 0.700. The molecule has 15 heavy (non-hydrogen) atoms. The largest absolute Gasteiger partial charge is 0.459 e. The Labute approximate surface area is 94.1 Å². The van der Waals surface area contributed by atoms with Gasteiger partial charge in [-0.25, -0.2) is 4.79 Å². The minimum Gasteiger partial charge on any atom is -0.459 e. The fourth-order valence-electron chi connectivity index (χ4n) is 0.613. The second kappa shape index (κ2) is 6.10. The molecule has 2 unspecified atom stereocenters. The third-order valence-corrected chi connectivity index (χ3v) is 2.07. The molecule has 0 spiro atoms. The van der Waals surface area contributed by atoms with Crippen LogP contribution in [-0.4, -0.2) is 43.9 Å². The number of carbonyl (C=O) groups excluding carboxylic acids is 1. The maximum absolute atomic E-state index is 10.7. The Kier molecular flexibility index (Phi) is 5.08. The molecule has 2 atom stereocenters. The van der Waals surface area contributed by atoms with Crippen LogP contribution in [0.2, 0.25) is 0 Å². The molecule has 86 valence electrons. The van der Waals surface area contributed by atoms with Crippen LogP contribution >= 0.6 is 11.6 Å². The average Bonchev–Trinajstić information content (AvgIpc) is 3.04. The van der Waals surface area contributed by atoms with Crippen LogP contribution in [0.15, 0.2) is 12.2 Å². The Morgan fingerprint density at radius 2 is 2.00 bits per heavy atom. The maximum Gasteiger partial charge on any atom is 0.333 e. The van der Waals surface area contributed by atoms with Crippen molar-refractivity contribution >= 4 is 17.6 Å². The van der Waals surface area contributed by atoms with E-state index in [0.717, 1.165) is 6.61 Å². The first-order valence-corrected chi connectivity index (χ1v) is 5.28. The van der Waals surface area contributed by atoms with Gasteiger partial charge in [0.2, 0.25) is 0 Å². The number of epoxide rings is 2. The first-order chi connectivity index (χ1) is 7.13. The van der Waals surface area contributed by atoms with Gasteiger partial charge in [0.05, 0.1) is 25.2 Å². The summed E-state index contributed by atoms with van der Waals surface area (Å²) in [5.74, 6) is 0.329. The highest BCUT2D eigenvalue weighted by molar-refractivity contribution is 6.18. The summed E-state index contributed by atoms with van der Waals surface area (Å²) in [6, 6.07) is 0. The van der Waals surface area contributed by atoms with E-state index < -0.39 is 0 Å². The molecule has 0 radical (unpaired) electrons. The maximum atomic E-state index is 10.7. The highest BCUT2D eigenvalue weighted by atomic mass is 35.5. The molecular weight excluding hydrogens is 220 g/mol. The third-order valence-electron chi connectivity index (χ3n) is 1.73. The van der Waals surface area contributed by atoms with Crippen LogP contribution in [0.5, 0.6) is 0 Å². The highest BCUT2D eigenvalue weighted by Crippen LogP contribution is 2.09. The predicted molar refractivity (Wildman–Crippen MR) is 56.0 cm³/mol. The van der Waals surface area contributed by atoms with Crippen molar-refractivity contribution < 1.29 is 19.0 Å². The zero-order valence-corrected chi connectivity index (χ0v) is 9.46. The Bertz CT molecular complexity index is 234. The van der Waals surface area contributed by atoms with Gasteiger partial charge in [-0.05, 0) is 6.92 Å². The zero-order valence-electron chi connectivity index (χ0n) is 8.70. The van der Waals surface area contributed by atoms with E-state index in [-0.39, 0.29) is 12.1 Å². The molecule has 2 aliphatic rings. The molecule has 0 bridgehead atoms. The van der Waals surface area contributed by atoms with E-state index in [4.69, 9.17) is 25.8 Å². The average molecular weight is 235 g/mol. The summed E-state index contributed by atoms with van der Waals surface area (Å²) in [6.07, 6.45) is 0.542. The minimum absolute atomic E-state index is 0.142. The summed E-state index contributed by atoms with van der Waals surface area (Å²) in [5, 5.41) is 0. The topological polar surface area (TPSA) is 51.4 Å². The number of rotatable bonds is 4. The van der Waals surface area contributed by atoms with Crippen molar-refractivity contribution in [2.24, 2.45) is 0 Å². The monoisotopic (exact) mass is 234 g/mol. The lowest BCUT2D eigenvalue weighted by molar-refractivity contribution is -0.139. The molecule has 0 amide bonds. The summed E-state index contributed by atoms with van der Waals surface area (Å²) in [5.41, 5.74) is 0.431. The van der Waals surface area contributed by atoms with Crippen molar-refractivity contribution in [2.75, 3.05) is 25.7 Å².